The molecule has 1 aromatic carbocycles. The molecular weight excluding hydrogens is 310 g/mol. The first kappa shape index (κ1) is 17.0. The van der Waals surface area contributed by atoms with Gasteiger partial charge in [0.1, 0.15) is 0 Å². The molecule has 0 saturated carbocycles. The van der Waals surface area contributed by atoms with Gasteiger partial charge < -0.3 is 5.32 Å². The van der Waals surface area contributed by atoms with E-state index in [2.05, 4.69) is 23.9 Å². The van der Waals surface area contributed by atoms with E-state index in [1.54, 1.807) is 6.20 Å². The molecule has 25 heavy (non-hydrogen) atoms. The minimum atomic E-state index is -0.0558. The molecule has 3 rings (SSSR count). The van der Waals surface area contributed by atoms with Gasteiger partial charge in [-0.3, -0.25) is 4.79 Å². The zero-order valence-electron chi connectivity index (χ0n) is 14.9. The molecule has 0 aliphatic rings. The molecular formula is C21H23N3O. The predicted molar refractivity (Wildman–Crippen MR) is 103 cm³/mol. The summed E-state index contributed by atoms with van der Waals surface area (Å²) in [5, 5.41) is 7.62. The second kappa shape index (κ2) is 6.93. The van der Waals surface area contributed by atoms with Crippen LogP contribution in [0.15, 0.2) is 55.4 Å². The highest BCUT2D eigenvalue weighted by molar-refractivity contribution is 6.05. The number of carbonyl (C=O) groups is 1. The number of Topliss-reactive ketones (excluding diaryl/α,β-unsaturated/α-hetero) is 1. The molecule has 0 bridgehead atoms. The molecule has 0 radical (unpaired) electrons. The first-order chi connectivity index (χ1) is 12.0. The van der Waals surface area contributed by atoms with Crippen LogP contribution in [0.4, 0.5) is 5.69 Å². The number of anilines is 1. The van der Waals surface area contributed by atoms with Gasteiger partial charge in [0.15, 0.2) is 5.78 Å². The van der Waals surface area contributed by atoms with Crippen molar-refractivity contribution in [2.24, 2.45) is 5.92 Å². The molecule has 0 atom stereocenters. The van der Waals surface area contributed by atoms with Crippen LogP contribution >= 0.6 is 0 Å². The molecule has 0 aliphatic heterocycles. The number of hydrogen-bond acceptors (Lipinski definition) is 3. The van der Waals surface area contributed by atoms with Crippen molar-refractivity contribution in [3.8, 4) is 0 Å². The lowest BCUT2D eigenvalue weighted by molar-refractivity contribution is 0.0939. The van der Waals surface area contributed by atoms with E-state index < -0.39 is 0 Å². The summed E-state index contributed by atoms with van der Waals surface area (Å²) in [5.41, 5.74) is 5.32. The first-order valence-electron chi connectivity index (χ1n) is 8.57. The van der Waals surface area contributed by atoms with Crippen molar-refractivity contribution in [1.82, 2.24) is 9.61 Å². The molecule has 4 nitrogen and oxygen atoms in total. The van der Waals surface area contributed by atoms with Gasteiger partial charge in [-0.25, -0.2) is 4.52 Å². The first-order valence-corrected chi connectivity index (χ1v) is 8.57. The average molecular weight is 333 g/mol. The summed E-state index contributed by atoms with van der Waals surface area (Å²) in [6.45, 7) is 10.1. The molecule has 0 aliphatic carbocycles. The molecule has 0 amide bonds. The van der Waals surface area contributed by atoms with E-state index in [9.17, 15) is 4.79 Å². The largest absolute Gasteiger partial charge is 0.355 e. The van der Waals surface area contributed by atoms with Crippen LogP contribution in [0, 0.1) is 5.92 Å². The van der Waals surface area contributed by atoms with Gasteiger partial charge in [-0.2, -0.15) is 5.10 Å². The van der Waals surface area contributed by atoms with E-state index in [4.69, 9.17) is 0 Å². The van der Waals surface area contributed by atoms with Crippen molar-refractivity contribution in [3.63, 3.8) is 0 Å². The molecule has 2 aromatic heterocycles. The Bertz CT molecular complexity index is 937. The molecule has 0 spiro atoms. The maximum atomic E-state index is 12.8. The van der Waals surface area contributed by atoms with Crippen molar-refractivity contribution >= 4 is 22.7 Å². The summed E-state index contributed by atoms with van der Waals surface area (Å²) < 4.78 is 1.81. The third-order valence-electron chi connectivity index (χ3n) is 4.35. The summed E-state index contributed by atoms with van der Waals surface area (Å²) in [6, 6.07) is 11.8. The summed E-state index contributed by atoms with van der Waals surface area (Å²) in [5.74, 6) is 0.0927. The number of aromatic nitrogens is 2. The minimum absolute atomic E-state index is 0.0558. The lowest BCUT2D eigenvalue weighted by Gasteiger charge is -2.18. The Morgan fingerprint density at radius 3 is 2.76 bits per heavy atom. The van der Waals surface area contributed by atoms with Crippen LogP contribution < -0.4 is 5.32 Å². The highest BCUT2D eigenvalue weighted by atomic mass is 16.1. The van der Waals surface area contributed by atoms with E-state index in [0.717, 1.165) is 40.0 Å². The highest BCUT2D eigenvalue weighted by Crippen LogP contribution is 2.28. The van der Waals surface area contributed by atoms with Gasteiger partial charge in [0, 0.05) is 34.6 Å². The van der Waals surface area contributed by atoms with E-state index in [1.165, 1.54) is 0 Å². The van der Waals surface area contributed by atoms with Gasteiger partial charge >= 0.3 is 0 Å². The number of rotatable bonds is 6. The van der Waals surface area contributed by atoms with Gasteiger partial charge in [-0.1, -0.05) is 39.5 Å². The Morgan fingerprint density at radius 1 is 1.24 bits per heavy atom. The van der Waals surface area contributed by atoms with Crippen molar-refractivity contribution in [1.29, 1.82) is 0 Å². The van der Waals surface area contributed by atoms with Crippen molar-refractivity contribution < 1.29 is 4.79 Å². The van der Waals surface area contributed by atoms with Crippen LogP contribution in [0.25, 0.3) is 11.2 Å². The summed E-state index contributed by atoms with van der Waals surface area (Å²) in [6.07, 6.45) is 4.48. The number of aryl methyl sites for hydroxylation is 1. The van der Waals surface area contributed by atoms with Gasteiger partial charge in [0.05, 0.1) is 11.7 Å². The Hall–Kier alpha value is -2.88. The van der Waals surface area contributed by atoms with Crippen LogP contribution in [0.5, 0.6) is 0 Å². The number of carbonyl (C=O) groups excluding carboxylic acids is 1. The second-order valence-electron chi connectivity index (χ2n) is 6.40. The number of benzene rings is 1. The molecule has 4 heteroatoms. The summed E-state index contributed by atoms with van der Waals surface area (Å²) in [7, 11) is 0. The maximum absolute atomic E-state index is 12.8. The normalized spacial score (nSPS) is 11.0. The van der Waals surface area contributed by atoms with Crippen molar-refractivity contribution in [3.05, 3.63) is 72.1 Å². The van der Waals surface area contributed by atoms with E-state index >= 15 is 0 Å². The summed E-state index contributed by atoms with van der Waals surface area (Å²) >= 11 is 0. The van der Waals surface area contributed by atoms with Gasteiger partial charge in [-0.05, 0) is 36.2 Å². The van der Waals surface area contributed by atoms with Gasteiger partial charge in [0.2, 0.25) is 0 Å². The third-order valence-corrected chi connectivity index (χ3v) is 4.35. The molecule has 0 saturated heterocycles. The zero-order chi connectivity index (χ0) is 18.0. The van der Waals surface area contributed by atoms with E-state index in [0.29, 0.717) is 0 Å². The van der Waals surface area contributed by atoms with Crippen LogP contribution in [0.1, 0.15) is 42.3 Å². The number of nitrogens with zero attached hydrogens (tertiary/aromatic N) is 2. The topological polar surface area (TPSA) is 46.4 Å². The van der Waals surface area contributed by atoms with E-state index in [-0.39, 0.29) is 11.7 Å². The van der Waals surface area contributed by atoms with Gasteiger partial charge in [0.25, 0.3) is 0 Å². The van der Waals surface area contributed by atoms with Gasteiger partial charge in [-0.15, -0.1) is 0 Å². The zero-order valence-corrected chi connectivity index (χ0v) is 14.9. The fraction of sp³-hybridized carbons (Fsp3) is 0.238. The Labute approximate surface area is 148 Å². The highest BCUT2D eigenvalue weighted by Gasteiger charge is 2.19. The Balaban J connectivity index is 2.02. The quantitative estimate of drug-likeness (QED) is 0.658. The molecule has 0 unspecified atom stereocenters. The monoisotopic (exact) mass is 333 g/mol. The Kier molecular flexibility index (Phi) is 4.70. The van der Waals surface area contributed by atoms with Crippen LogP contribution in [0.2, 0.25) is 0 Å². The lowest BCUT2D eigenvalue weighted by Crippen LogP contribution is -2.14. The maximum Gasteiger partial charge on any atom is 0.167 e. The smallest absolute Gasteiger partial charge is 0.167 e. The number of fused-ring (bicyclic) bond motifs is 1. The summed E-state index contributed by atoms with van der Waals surface area (Å²) in [4.78, 5) is 12.8. The lowest BCUT2D eigenvalue weighted by atomic mass is 9.93. The second-order valence-corrected chi connectivity index (χ2v) is 6.40. The molecule has 128 valence electrons. The number of ketones is 1. The van der Waals surface area contributed by atoms with Crippen molar-refractivity contribution in [2.75, 3.05) is 5.32 Å². The number of nitrogens with one attached hydrogen (secondary N) is 1. The molecule has 3 aromatic rings. The molecule has 1 N–H and O–H groups in total. The fourth-order valence-corrected chi connectivity index (χ4v) is 3.02. The van der Waals surface area contributed by atoms with Crippen molar-refractivity contribution in [2.45, 2.75) is 27.2 Å². The Morgan fingerprint density at radius 2 is 2.04 bits per heavy atom. The minimum Gasteiger partial charge on any atom is -0.355 e. The van der Waals surface area contributed by atoms with Crippen LogP contribution in [0.3, 0.4) is 0 Å². The standard InChI is InChI=1S/C21H23N3O/c1-5-16-8-6-10-18(20(16)21(25)14(2)3)23-15(4)17-9-7-13-24-19(17)11-12-22-24/h6-14,23H,4-5H2,1-3H3. The predicted octanol–water partition coefficient (Wildman–Crippen LogP) is 4.82. The third kappa shape index (κ3) is 3.20. The SMILES string of the molecule is C=C(Nc1cccc(CC)c1C(=O)C(C)C)c1cccn2nccc12. The number of pyridine rings is 1. The van der Waals surface area contributed by atoms with Crippen LogP contribution in [-0.4, -0.2) is 15.4 Å². The van der Waals surface area contributed by atoms with E-state index in [1.807, 2.05) is 61.0 Å². The number of hydrogen-bond donors (Lipinski definition) is 1. The fourth-order valence-electron chi connectivity index (χ4n) is 3.02. The molecule has 2 heterocycles. The average Bonchev–Trinajstić information content (AvgIpc) is 3.09. The van der Waals surface area contributed by atoms with Crippen LogP contribution in [-0.2, 0) is 6.42 Å². The molecule has 0 fully saturated rings.